The number of aromatic carboxylic acids is 1. The molecule has 0 amide bonds. The van der Waals surface area contributed by atoms with Crippen molar-refractivity contribution in [1.29, 1.82) is 0 Å². The molecule has 0 bridgehead atoms. The van der Waals surface area contributed by atoms with Crippen molar-refractivity contribution in [2.75, 3.05) is 0 Å². The van der Waals surface area contributed by atoms with Gasteiger partial charge in [0.1, 0.15) is 18.2 Å². The maximum Gasteiger partial charge on any atom is 0.336 e. The second-order valence-electron chi connectivity index (χ2n) is 4.72. The lowest BCUT2D eigenvalue weighted by atomic mass is 10.1. The van der Waals surface area contributed by atoms with Crippen LogP contribution >= 0.6 is 0 Å². The Balaban J connectivity index is 2.22. The van der Waals surface area contributed by atoms with Crippen molar-refractivity contribution in [3.63, 3.8) is 0 Å². The van der Waals surface area contributed by atoms with Gasteiger partial charge in [0.25, 0.3) is 0 Å². The van der Waals surface area contributed by atoms with Gasteiger partial charge in [-0.15, -0.1) is 0 Å². The lowest BCUT2D eigenvalue weighted by Crippen LogP contribution is -2.06. The molecule has 0 saturated carbocycles. The SMILES string of the molecule is Cc1cc(C)cc(OCc2cc(F)ccc2C(=O)O)c1. The van der Waals surface area contributed by atoms with Gasteiger partial charge in [-0.1, -0.05) is 6.07 Å². The van der Waals surface area contributed by atoms with Crippen molar-refractivity contribution >= 4 is 5.97 Å². The lowest BCUT2D eigenvalue weighted by Gasteiger charge is -2.10. The van der Waals surface area contributed by atoms with Crippen LogP contribution in [0.1, 0.15) is 27.0 Å². The number of hydrogen-bond acceptors (Lipinski definition) is 2. The molecule has 4 heteroatoms. The fourth-order valence-corrected chi connectivity index (χ4v) is 2.07. The normalized spacial score (nSPS) is 10.3. The Morgan fingerprint density at radius 3 is 2.40 bits per heavy atom. The molecule has 0 atom stereocenters. The summed E-state index contributed by atoms with van der Waals surface area (Å²) >= 11 is 0. The highest BCUT2D eigenvalue weighted by Gasteiger charge is 2.11. The van der Waals surface area contributed by atoms with E-state index in [1.54, 1.807) is 0 Å². The molecule has 2 aromatic rings. The van der Waals surface area contributed by atoms with Gasteiger partial charge in [-0.05, 0) is 55.3 Å². The number of carboxylic acids is 1. The first kappa shape index (κ1) is 14.1. The van der Waals surface area contributed by atoms with Crippen molar-refractivity contribution in [3.8, 4) is 5.75 Å². The molecule has 20 heavy (non-hydrogen) atoms. The highest BCUT2D eigenvalue weighted by Crippen LogP contribution is 2.19. The predicted octanol–water partition coefficient (Wildman–Crippen LogP) is 3.72. The van der Waals surface area contributed by atoms with Gasteiger partial charge in [0.15, 0.2) is 0 Å². The lowest BCUT2D eigenvalue weighted by molar-refractivity contribution is 0.0694. The van der Waals surface area contributed by atoms with Gasteiger partial charge in [-0.2, -0.15) is 0 Å². The van der Waals surface area contributed by atoms with Crippen LogP contribution in [0.4, 0.5) is 4.39 Å². The molecule has 2 aromatic carbocycles. The summed E-state index contributed by atoms with van der Waals surface area (Å²) in [6, 6.07) is 9.28. The molecule has 0 saturated heterocycles. The molecule has 0 fully saturated rings. The topological polar surface area (TPSA) is 46.5 Å². The minimum Gasteiger partial charge on any atom is -0.489 e. The molecule has 0 aromatic heterocycles. The van der Waals surface area contributed by atoms with E-state index in [0.717, 1.165) is 17.2 Å². The summed E-state index contributed by atoms with van der Waals surface area (Å²) in [7, 11) is 0. The monoisotopic (exact) mass is 274 g/mol. The summed E-state index contributed by atoms with van der Waals surface area (Å²) in [5, 5.41) is 9.06. The number of rotatable bonds is 4. The average molecular weight is 274 g/mol. The van der Waals surface area contributed by atoms with Gasteiger partial charge >= 0.3 is 5.97 Å². The summed E-state index contributed by atoms with van der Waals surface area (Å²) in [4.78, 5) is 11.1. The van der Waals surface area contributed by atoms with E-state index >= 15 is 0 Å². The number of hydrogen-bond donors (Lipinski definition) is 1. The largest absolute Gasteiger partial charge is 0.489 e. The second kappa shape index (κ2) is 5.74. The smallest absolute Gasteiger partial charge is 0.336 e. The Morgan fingerprint density at radius 2 is 1.80 bits per heavy atom. The van der Waals surface area contributed by atoms with E-state index in [9.17, 15) is 9.18 Å². The summed E-state index contributed by atoms with van der Waals surface area (Å²) in [5.74, 6) is -0.929. The van der Waals surface area contributed by atoms with E-state index < -0.39 is 11.8 Å². The van der Waals surface area contributed by atoms with Crippen LogP contribution in [0.2, 0.25) is 0 Å². The molecule has 1 N–H and O–H groups in total. The molecule has 0 heterocycles. The van der Waals surface area contributed by atoms with Crippen molar-refractivity contribution in [1.82, 2.24) is 0 Å². The third kappa shape index (κ3) is 3.35. The fraction of sp³-hybridized carbons (Fsp3) is 0.188. The Bertz CT molecular complexity index is 630. The number of halogens is 1. The maximum absolute atomic E-state index is 13.2. The number of aryl methyl sites for hydroxylation is 2. The van der Waals surface area contributed by atoms with Crippen LogP contribution in [0.5, 0.6) is 5.75 Å². The molecule has 0 aliphatic carbocycles. The molecular formula is C16H15FO3. The molecule has 104 valence electrons. The van der Waals surface area contributed by atoms with Gasteiger partial charge in [0.05, 0.1) is 5.56 Å². The van der Waals surface area contributed by atoms with Crippen molar-refractivity contribution < 1.29 is 19.0 Å². The zero-order valence-corrected chi connectivity index (χ0v) is 11.3. The Kier molecular flexibility index (Phi) is 4.03. The Morgan fingerprint density at radius 1 is 1.15 bits per heavy atom. The standard InChI is InChI=1S/C16H15FO3/c1-10-5-11(2)7-14(6-10)20-9-12-8-13(17)3-4-15(12)16(18)19/h3-8H,9H2,1-2H3,(H,18,19). The van der Waals surface area contributed by atoms with Crippen LogP contribution in [0, 0.1) is 19.7 Å². The summed E-state index contributed by atoms with van der Waals surface area (Å²) in [5.41, 5.74) is 2.47. The van der Waals surface area contributed by atoms with Gasteiger partial charge < -0.3 is 9.84 Å². The molecule has 0 spiro atoms. The minimum absolute atomic E-state index is 0.0162. The molecule has 0 unspecified atom stereocenters. The highest BCUT2D eigenvalue weighted by atomic mass is 19.1. The van der Waals surface area contributed by atoms with Gasteiger partial charge in [0.2, 0.25) is 0 Å². The molecule has 3 nitrogen and oxygen atoms in total. The summed E-state index contributed by atoms with van der Waals surface area (Å²) in [6.45, 7) is 3.91. The maximum atomic E-state index is 13.2. The van der Waals surface area contributed by atoms with Crippen molar-refractivity contribution in [2.45, 2.75) is 20.5 Å². The predicted molar refractivity (Wildman–Crippen MR) is 73.6 cm³/mol. The van der Waals surface area contributed by atoms with Gasteiger partial charge in [0, 0.05) is 5.56 Å². The molecule has 2 rings (SSSR count). The Hall–Kier alpha value is -2.36. The first-order valence-corrected chi connectivity index (χ1v) is 6.18. The quantitative estimate of drug-likeness (QED) is 0.924. The zero-order chi connectivity index (χ0) is 14.7. The Labute approximate surface area is 116 Å². The third-order valence-corrected chi connectivity index (χ3v) is 2.89. The van der Waals surface area contributed by atoms with Crippen molar-refractivity contribution in [3.05, 3.63) is 64.5 Å². The molecule has 0 radical (unpaired) electrons. The van der Waals surface area contributed by atoms with E-state index in [-0.39, 0.29) is 12.2 Å². The van der Waals surface area contributed by atoms with Gasteiger partial charge in [-0.3, -0.25) is 0 Å². The van der Waals surface area contributed by atoms with E-state index in [0.29, 0.717) is 11.3 Å². The fourth-order valence-electron chi connectivity index (χ4n) is 2.07. The van der Waals surface area contributed by atoms with Crippen LogP contribution in [0.15, 0.2) is 36.4 Å². The first-order valence-electron chi connectivity index (χ1n) is 6.18. The minimum atomic E-state index is -1.09. The average Bonchev–Trinajstić information content (AvgIpc) is 2.35. The first-order chi connectivity index (χ1) is 9.45. The molecule has 0 aliphatic rings. The van der Waals surface area contributed by atoms with Gasteiger partial charge in [-0.25, -0.2) is 9.18 Å². The number of carboxylic acid groups (broad SMARTS) is 1. The van der Waals surface area contributed by atoms with Crippen LogP contribution in [-0.4, -0.2) is 11.1 Å². The number of carbonyl (C=O) groups is 1. The number of benzene rings is 2. The molecular weight excluding hydrogens is 259 g/mol. The summed E-state index contributed by atoms with van der Waals surface area (Å²) < 4.78 is 18.8. The van der Waals surface area contributed by atoms with E-state index in [1.807, 2.05) is 32.0 Å². The van der Waals surface area contributed by atoms with E-state index in [4.69, 9.17) is 9.84 Å². The van der Waals surface area contributed by atoms with E-state index in [1.165, 1.54) is 12.1 Å². The van der Waals surface area contributed by atoms with Crippen LogP contribution in [0.25, 0.3) is 0 Å². The third-order valence-electron chi connectivity index (χ3n) is 2.89. The second-order valence-corrected chi connectivity index (χ2v) is 4.72. The summed E-state index contributed by atoms with van der Waals surface area (Å²) in [6.07, 6.45) is 0. The van der Waals surface area contributed by atoms with Crippen LogP contribution in [-0.2, 0) is 6.61 Å². The van der Waals surface area contributed by atoms with Crippen LogP contribution in [0.3, 0.4) is 0 Å². The van der Waals surface area contributed by atoms with Crippen molar-refractivity contribution in [2.24, 2.45) is 0 Å². The van der Waals surface area contributed by atoms with Crippen LogP contribution < -0.4 is 4.74 Å². The molecule has 0 aliphatic heterocycles. The van der Waals surface area contributed by atoms with E-state index in [2.05, 4.69) is 0 Å². The zero-order valence-electron chi connectivity index (χ0n) is 11.3. The number of ether oxygens (including phenoxy) is 1. The highest BCUT2D eigenvalue weighted by molar-refractivity contribution is 5.89.